The molecule has 1 heterocycles. The summed E-state index contributed by atoms with van der Waals surface area (Å²) >= 11 is 0. The zero-order valence-electron chi connectivity index (χ0n) is 10.3. The third-order valence-electron chi connectivity index (χ3n) is 2.76. The van der Waals surface area contributed by atoms with E-state index in [0.29, 0.717) is 5.69 Å². The summed E-state index contributed by atoms with van der Waals surface area (Å²) < 4.78 is 4.61. The number of hydrogen-bond donors (Lipinski definition) is 1. The van der Waals surface area contributed by atoms with Crippen LogP contribution in [0, 0.1) is 0 Å². The molecule has 0 aliphatic rings. The Hall–Kier alpha value is -2.30. The lowest BCUT2D eigenvalue weighted by molar-refractivity contribution is -0.139. The monoisotopic (exact) mass is 246 g/mol. The highest BCUT2D eigenvalue weighted by atomic mass is 16.5. The molecule has 0 radical (unpaired) electrons. The number of anilines is 1. The number of H-pyrrole nitrogens is 1. The average molecular weight is 246 g/mol. The predicted octanol–water partition coefficient (Wildman–Crippen LogP) is 1.69. The van der Waals surface area contributed by atoms with Gasteiger partial charge in [0.15, 0.2) is 0 Å². The highest BCUT2D eigenvalue weighted by Gasteiger charge is 2.18. The summed E-state index contributed by atoms with van der Waals surface area (Å²) in [5.41, 5.74) is 1.62. The average Bonchev–Trinajstić information content (AvgIpc) is 2.83. The maximum atomic E-state index is 11.7. The Bertz CT molecular complexity index is 589. The normalized spacial score (nSPS) is 10.3. The van der Waals surface area contributed by atoms with Gasteiger partial charge in [0.05, 0.1) is 12.8 Å². The van der Waals surface area contributed by atoms with Gasteiger partial charge in [-0.25, -0.2) is 0 Å². The number of aromatic nitrogens is 1. The molecule has 5 heteroatoms. The van der Waals surface area contributed by atoms with Gasteiger partial charge in [-0.15, -0.1) is 0 Å². The van der Waals surface area contributed by atoms with E-state index < -0.39 is 5.97 Å². The number of esters is 1. The number of nitrogens with zero attached hydrogens (tertiary/aromatic N) is 1. The Balaban J connectivity index is 2.44. The van der Waals surface area contributed by atoms with Crippen LogP contribution in [0.5, 0.6) is 0 Å². The van der Waals surface area contributed by atoms with Crippen LogP contribution < -0.4 is 4.90 Å². The molecule has 0 unspecified atom stereocenters. The number of ether oxygens (including phenoxy) is 1. The number of amides is 1. The van der Waals surface area contributed by atoms with Crippen molar-refractivity contribution >= 4 is 28.5 Å². The van der Waals surface area contributed by atoms with Gasteiger partial charge in [-0.3, -0.25) is 9.59 Å². The van der Waals surface area contributed by atoms with E-state index in [1.165, 1.54) is 18.9 Å². The van der Waals surface area contributed by atoms with E-state index in [1.807, 2.05) is 18.2 Å². The lowest BCUT2D eigenvalue weighted by Crippen LogP contribution is -2.34. The zero-order valence-corrected chi connectivity index (χ0v) is 10.3. The minimum absolute atomic E-state index is 0.0872. The summed E-state index contributed by atoms with van der Waals surface area (Å²) in [7, 11) is 1.30. The van der Waals surface area contributed by atoms with Crippen molar-refractivity contribution in [3.8, 4) is 0 Å². The van der Waals surface area contributed by atoms with Gasteiger partial charge in [0.2, 0.25) is 5.91 Å². The number of rotatable bonds is 3. The van der Waals surface area contributed by atoms with Crippen LogP contribution in [0.4, 0.5) is 5.69 Å². The molecule has 0 aliphatic heterocycles. The van der Waals surface area contributed by atoms with Crippen LogP contribution in [0.1, 0.15) is 6.92 Å². The fourth-order valence-electron chi connectivity index (χ4n) is 1.86. The maximum absolute atomic E-state index is 11.7. The molecule has 1 N–H and O–H groups in total. The van der Waals surface area contributed by atoms with E-state index in [0.717, 1.165) is 10.9 Å². The fraction of sp³-hybridized carbons (Fsp3) is 0.231. The van der Waals surface area contributed by atoms with Crippen LogP contribution in [0.25, 0.3) is 10.9 Å². The molecular weight excluding hydrogens is 232 g/mol. The van der Waals surface area contributed by atoms with E-state index in [2.05, 4.69) is 9.72 Å². The van der Waals surface area contributed by atoms with Gasteiger partial charge in [-0.05, 0) is 18.2 Å². The molecular formula is C13H14N2O3. The van der Waals surface area contributed by atoms with Gasteiger partial charge >= 0.3 is 5.97 Å². The van der Waals surface area contributed by atoms with Crippen molar-refractivity contribution in [1.29, 1.82) is 0 Å². The summed E-state index contributed by atoms with van der Waals surface area (Å²) in [4.78, 5) is 27.5. The molecule has 0 aliphatic carbocycles. The van der Waals surface area contributed by atoms with Crippen LogP contribution in [0.3, 0.4) is 0 Å². The van der Waals surface area contributed by atoms with E-state index in [1.54, 1.807) is 12.3 Å². The smallest absolute Gasteiger partial charge is 0.325 e. The summed E-state index contributed by atoms with van der Waals surface area (Å²) in [5.74, 6) is -0.646. The molecule has 0 fully saturated rings. The molecule has 1 amide bonds. The molecule has 1 aromatic heterocycles. The van der Waals surface area contributed by atoms with Gasteiger partial charge in [-0.2, -0.15) is 0 Å². The SMILES string of the molecule is COC(=O)CN(C(C)=O)c1cccc2[nH]ccc12. The Morgan fingerprint density at radius 1 is 1.33 bits per heavy atom. The highest BCUT2D eigenvalue weighted by molar-refractivity contribution is 6.04. The molecule has 0 spiro atoms. The molecule has 5 nitrogen and oxygen atoms in total. The van der Waals surface area contributed by atoms with Crippen molar-refractivity contribution in [2.24, 2.45) is 0 Å². The molecule has 94 valence electrons. The molecule has 1 aromatic carbocycles. The standard InChI is InChI=1S/C13H14N2O3/c1-9(16)15(8-13(17)18-2)12-5-3-4-11-10(12)6-7-14-11/h3-7,14H,8H2,1-2H3. The largest absolute Gasteiger partial charge is 0.468 e. The minimum atomic E-state index is -0.447. The lowest BCUT2D eigenvalue weighted by Gasteiger charge is -2.20. The molecule has 2 rings (SSSR count). The molecule has 2 aromatic rings. The molecule has 0 atom stereocenters. The van der Waals surface area contributed by atoms with E-state index >= 15 is 0 Å². The first-order chi connectivity index (χ1) is 8.63. The Morgan fingerprint density at radius 3 is 2.78 bits per heavy atom. The van der Waals surface area contributed by atoms with E-state index in [4.69, 9.17) is 0 Å². The number of carbonyl (C=O) groups excluding carboxylic acids is 2. The quantitative estimate of drug-likeness (QED) is 0.838. The van der Waals surface area contributed by atoms with Gasteiger partial charge < -0.3 is 14.6 Å². The third-order valence-corrected chi connectivity index (χ3v) is 2.76. The minimum Gasteiger partial charge on any atom is -0.468 e. The van der Waals surface area contributed by atoms with Crippen molar-refractivity contribution in [3.63, 3.8) is 0 Å². The zero-order chi connectivity index (χ0) is 13.1. The number of nitrogens with one attached hydrogen (secondary N) is 1. The first kappa shape index (κ1) is 12.2. The molecule has 0 bridgehead atoms. The van der Waals surface area contributed by atoms with Gasteiger partial charge in [-0.1, -0.05) is 6.07 Å². The number of benzene rings is 1. The second-order valence-corrected chi connectivity index (χ2v) is 3.90. The summed E-state index contributed by atoms with van der Waals surface area (Å²) in [6, 6.07) is 7.43. The van der Waals surface area contributed by atoms with Crippen LogP contribution in [-0.4, -0.2) is 30.5 Å². The van der Waals surface area contributed by atoms with Crippen LogP contribution in [0.2, 0.25) is 0 Å². The number of aromatic amines is 1. The predicted molar refractivity (Wildman–Crippen MR) is 68.3 cm³/mol. The van der Waals surface area contributed by atoms with Crippen molar-refractivity contribution in [2.45, 2.75) is 6.92 Å². The highest BCUT2D eigenvalue weighted by Crippen LogP contribution is 2.26. The van der Waals surface area contributed by atoms with Crippen LogP contribution in [-0.2, 0) is 14.3 Å². The summed E-state index contributed by atoms with van der Waals surface area (Å²) in [5, 5.41) is 0.900. The second kappa shape index (κ2) is 4.91. The molecule has 0 saturated heterocycles. The Kier molecular flexibility index (Phi) is 3.32. The van der Waals surface area contributed by atoms with Gasteiger partial charge in [0.1, 0.15) is 6.54 Å². The second-order valence-electron chi connectivity index (χ2n) is 3.90. The Labute approximate surface area is 104 Å². The molecule has 0 saturated carbocycles. The number of carbonyl (C=O) groups is 2. The molecule has 18 heavy (non-hydrogen) atoms. The summed E-state index contributed by atoms with van der Waals surface area (Å²) in [6.45, 7) is 1.34. The third kappa shape index (κ3) is 2.20. The Morgan fingerprint density at radius 2 is 2.11 bits per heavy atom. The number of methoxy groups -OCH3 is 1. The van der Waals surface area contributed by atoms with Crippen LogP contribution in [0.15, 0.2) is 30.5 Å². The number of fused-ring (bicyclic) bond motifs is 1. The van der Waals surface area contributed by atoms with E-state index in [9.17, 15) is 9.59 Å². The fourth-order valence-corrected chi connectivity index (χ4v) is 1.86. The topological polar surface area (TPSA) is 62.4 Å². The first-order valence-corrected chi connectivity index (χ1v) is 5.54. The first-order valence-electron chi connectivity index (χ1n) is 5.54. The van der Waals surface area contributed by atoms with Crippen LogP contribution >= 0.6 is 0 Å². The van der Waals surface area contributed by atoms with Crippen molar-refractivity contribution < 1.29 is 14.3 Å². The van der Waals surface area contributed by atoms with Gasteiger partial charge in [0, 0.05) is 24.0 Å². The lowest BCUT2D eigenvalue weighted by atomic mass is 10.2. The van der Waals surface area contributed by atoms with Gasteiger partial charge in [0.25, 0.3) is 0 Å². The van der Waals surface area contributed by atoms with Crippen molar-refractivity contribution in [2.75, 3.05) is 18.6 Å². The van der Waals surface area contributed by atoms with Crippen molar-refractivity contribution in [3.05, 3.63) is 30.5 Å². The number of hydrogen-bond acceptors (Lipinski definition) is 3. The maximum Gasteiger partial charge on any atom is 0.325 e. The van der Waals surface area contributed by atoms with E-state index in [-0.39, 0.29) is 12.5 Å². The summed E-state index contributed by atoms with van der Waals surface area (Å²) in [6.07, 6.45) is 1.80. The van der Waals surface area contributed by atoms with Crippen molar-refractivity contribution in [1.82, 2.24) is 4.98 Å².